The Balaban J connectivity index is 1.34. The van der Waals surface area contributed by atoms with Gasteiger partial charge in [-0.15, -0.1) is 0 Å². The van der Waals surface area contributed by atoms with Crippen molar-refractivity contribution in [2.45, 2.75) is 24.3 Å². The number of hydrogen-bond donors (Lipinski definition) is 2. The number of nitrogens with zero attached hydrogens (tertiary/aromatic N) is 2. The minimum atomic E-state index is -4.04. The van der Waals surface area contributed by atoms with Gasteiger partial charge in [0.1, 0.15) is 0 Å². The summed E-state index contributed by atoms with van der Waals surface area (Å²) in [6.07, 6.45) is 0.527. The smallest absolute Gasteiger partial charge is 0.328 e. The van der Waals surface area contributed by atoms with E-state index < -0.39 is 22.1 Å². The lowest BCUT2D eigenvalue weighted by atomic mass is 10.1. The van der Waals surface area contributed by atoms with E-state index in [4.69, 9.17) is 0 Å². The molecule has 3 aromatic carbocycles. The van der Waals surface area contributed by atoms with E-state index in [9.17, 15) is 18.0 Å². The van der Waals surface area contributed by atoms with Gasteiger partial charge in [-0.25, -0.2) is 22.3 Å². The Morgan fingerprint density at radius 3 is 2.50 bits per heavy atom. The van der Waals surface area contributed by atoms with E-state index in [0.717, 1.165) is 21.0 Å². The number of carbonyl (C=O) groups excluding carboxylic acids is 2. The summed E-state index contributed by atoms with van der Waals surface area (Å²) < 4.78 is 27.4. The highest BCUT2D eigenvalue weighted by molar-refractivity contribution is 7.89. The topological polar surface area (TPSA) is 98.8 Å². The summed E-state index contributed by atoms with van der Waals surface area (Å²) in [5.74, 6) is 0. The quantitative estimate of drug-likeness (QED) is 0.594. The number of aryl methyl sites for hydroxylation is 1. The van der Waals surface area contributed by atoms with Crippen molar-refractivity contribution in [2.75, 3.05) is 23.3 Å². The van der Waals surface area contributed by atoms with Crippen molar-refractivity contribution in [1.29, 1.82) is 0 Å². The third-order valence-electron chi connectivity index (χ3n) is 6.16. The number of anilines is 2. The SMILES string of the molecule is Cc1ccc(NC(=O)N2CCc3cc(S(=O)(=O)N4CC(c5ccccc5)NC4=O)ccc32)cc1. The molecule has 4 amide bonds. The fraction of sp³-hybridized carbons (Fsp3) is 0.200. The molecule has 34 heavy (non-hydrogen) atoms. The van der Waals surface area contributed by atoms with Gasteiger partial charge in [0.05, 0.1) is 17.5 Å². The lowest BCUT2D eigenvalue weighted by molar-refractivity contribution is 0.235. The number of benzene rings is 3. The largest absolute Gasteiger partial charge is 0.331 e. The predicted octanol–water partition coefficient (Wildman–Crippen LogP) is 4.04. The highest BCUT2D eigenvalue weighted by atomic mass is 32.2. The van der Waals surface area contributed by atoms with Crippen LogP contribution in [0.15, 0.2) is 77.7 Å². The second-order valence-electron chi connectivity index (χ2n) is 8.44. The Morgan fingerprint density at radius 2 is 1.76 bits per heavy atom. The number of urea groups is 2. The van der Waals surface area contributed by atoms with Crippen molar-refractivity contribution in [3.63, 3.8) is 0 Å². The van der Waals surface area contributed by atoms with Crippen LogP contribution in [0.1, 0.15) is 22.7 Å². The molecule has 174 valence electrons. The first kappa shape index (κ1) is 22.0. The fourth-order valence-corrected chi connectivity index (χ4v) is 5.70. The number of nitrogens with one attached hydrogen (secondary N) is 2. The van der Waals surface area contributed by atoms with Crippen LogP contribution in [0.3, 0.4) is 0 Å². The van der Waals surface area contributed by atoms with Crippen LogP contribution in [0.2, 0.25) is 0 Å². The van der Waals surface area contributed by atoms with Crippen LogP contribution in [-0.4, -0.2) is 37.9 Å². The van der Waals surface area contributed by atoms with Crippen molar-refractivity contribution < 1.29 is 18.0 Å². The van der Waals surface area contributed by atoms with E-state index in [1.54, 1.807) is 17.0 Å². The standard InChI is InChI=1S/C25H24N4O4S/c1-17-7-9-20(10-8-17)26-24(30)28-14-13-19-15-21(11-12-23(19)28)34(32,33)29-16-22(27-25(29)31)18-5-3-2-4-6-18/h2-12,15,22H,13-14,16H2,1H3,(H,26,30)(H,27,31). The van der Waals surface area contributed by atoms with Crippen LogP contribution in [0.25, 0.3) is 0 Å². The zero-order valence-corrected chi connectivity index (χ0v) is 19.4. The maximum Gasteiger partial charge on any atom is 0.331 e. The summed E-state index contributed by atoms with van der Waals surface area (Å²) in [5.41, 5.74) is 4.05. The fourth-order valence-electron chi connectivity index (χ4n) is 4.30. The predicted molar refractivity (Wildman–Crippen MR) is 129 cm³/mol. The third-order valence-corrected chi connectivity index (χ3v) is 7.90. The van der Waals surface area contributed by atoms with Gasteiger partial charge in [-0.3, -0.25) is 4.90 Å². The molecule has 2 aliphatic rings. The van der Waals surface area contributed by atoms with Gasteiger partial charge < -0.3 is 10.6 Å². The van der Waals surface area contributed by atoms with E-state index in [1.165, 1.54) is 6.07 Å². The minimum absolute atomic E-state index is 0.0212. The van der Waals surface area contributed by atoms with E-state index >= 15 is 0 Å². The van der Waals surface area contributed by atoms with Gasteiger partial charge in [0.2, 0.25) is 0 Å². The molecule has 0 aliphatic carbocycles. The third kappa shape index (κ3) is 3.99. The molecule has 9 heteroatoms. The van der Waals surface area contributed by atoms with E-state index in [1.807, 2.05) is 61.5 Å². The maximum atomic E-state index is 13.3. The van der Waals surface area contributed by atoms with Gasteiger partial charge in [-0.2, -0.15) is 0 Å². The summed E-state index contributed by atoms with van der Waals surface area (Å²) in [4.78, 5) is 27.0. The van der Waals surface area contributed by atoms with Gasteiger partial charge in [0.25, 0.3) is 10.0 Å². The molecule has 0 bridgehead atoms. The van der Waals surface area contributed by atoms with E-state index in [0.29, 0.717) is 24.3 Å². The molecule has 2 aliphatic heterocycles. The minimum Gasteiger partial charge on any atom is -0.328 e. The Bertz CT molecular complexity index is 1360. The maximum absolute atomic E-state index is 13.3. The first-order chi connectivity index (χ1) is 16.3. The molecule has 1 fully saturated rings. The molecule has 0 aromatic heterocycles. The van der Waals surface area contributed by atoms with Crippen LogP contribution >= 0.6 is 0 Å². The molecule has 0 radical (unpaired) electrons. The van der Waals surface area contributed by atoms with Crippen LogP contribution in [0.5, 0.6) is 0 Å². The Kier molecular flexibility index (Phi) is 5.49. The normalized spacial score (nSPS) is 17.4. The molecular weight excluding hydrogens is 452 g/mol. The van der Waals surface area contributed by atoms with Crippen molar-refractivity contribution in [2.24, 2.45) is 0 Å². The zero-order chi connectivity index (χ0) is 23.9. The van der Waals surface area contributed by atoms with Crippen molar-refractivity contribution >= 4 is 33.5 Å². The van der Waals surface area contributed by atoms with Gasteiger partial charge >= 0.3 is 12.1 Å². The lowest BCUT2D eigenvalue weighted by Crippen LogP contribution is -2.34. The van der Waals surface area contributed by atoms with E-state index in [-0.39, 0.29) is 17.5 Å². The summed E-state index contributed by atoms with van der Waals surface area (Å²) in [7, 11) is -4.04. The van der Waals surface area contributed by atoms with Crippen molar-refractivity contribution in [3.8, 4) is 0 Å². The zero-order valence-electron chi connectivity index (χ0n) is 18.6. The molecule has 0 spiro atoms. The average molecular weight is 477 g/mol. The molecular formula is C25H24N4O4S. The number of carbonyl (C=O) groups is 2. The average Bonchev–Trinajstić information content (AvgIpc) is 3.45. The molecule has 3 aromatic rings. The van der Waals surface area contributed by atoms with Crippen LogP contribution in [0, 0.1) is 6.92 Å². The summed E-state index contributed by atoms with van der Waals surface area (Å²) >= 11 is 0. The first-order valence-corrected chi connectivity index (χ1v) is 12.4. The number of amides is 4. The number of fused-ring (bicyclic) bond motifs is 1. The van der Waals surface area contributed by atoms with Gasteiger partial charge in [0, 0.05) is 17.9 Å². The first-order valence-electron chi connectivity index (χ1n) is 11.0. The Hall–Kier alpha value is -3.85. The second kappa shape index (κ2) is 8.49. The highest BCUT2D eigenvalue weighted by Crippen LogP contribution is 2.33. The summed E-state index contributed by atoms with van der Waals surface area (Å²) in [5, 5.41) is 5.62. The summed E-state index contributed by atoms with van der Waals surface area (Å²) in [6.45, 7) is 2.44. The van der Waals surface area contributed by atoms with Gasteiger partial charge in [-0.1, -0.05) is 48.0 Å². The monoisotopic (exact) mass is 476 g/mol. The van der Waals surface area contributed by atoms with Crippen molar-refractivity contribution in [1.82, 2.24) is 9.62 Å². The Morgan fingerprint density at radius 1 is 1.03 bits per heavy atom. The summed E-state index contributed by atoms with van der Waals surface area (Å²) in [6, 6.07) is 20.1. The number of hydrogen-bond acceptors (Lipinski definition) is 4. The van der Waals surface area contributed by atoms with Crippen LogP contribution in [-0.2, 0) is 16.4 Å². The lowest BCUT2D eigenvalue weighted by Gasteiger charge is -2.19. The van der Waals surface area contributed by atoms with Gasteiger partial charge in [-0.05, 0) is 54.8 Å². The Labute approximate surface area is 198 Å². The second-order valence-corrected chi connectivity index (χ2v) is 10.3. The molecule has 2 heterocycles. The van der Waals surface area contributed by atoms with Gasteiger partial charge in [0.15, 0.2) is 0 Å². The molecule has 1 unspecified atom stereocenters. The molecule has 0 saturated carbocycles. The number of sulfonamides is 1. The number of rotatable bonds is 4. The molecule has 2 N–H and O–H groups in total. The van der Waals surface area contributed by atoms with Crippen molar-refractivity contribution in [3.05, 3.63) is 89.5 Å². The molecule has 1 saturated heterocycles. The van der Waals surface area contributed by atoms with Crippen LogP contribution < -0.4 is 15.5 Å². The van der Waals surface area contributed by atoms with Crippen LogP contribution in [0.4, 0.5) is 21.0 Å². The molecule has 1 atom stereocenters. The highest BCUT2D eigenvalue weighted by Gasteiger charge is 2.39. The van der Waals surface area contributed by atoms with E-state index in [2.05, 4.69) is 10.6 Å². The molecule has 5 rings (SSSR count). The molecule has 8 nitrogen and oxygen atoms in total.